The van der Waals surface area contributed by atoms with Crippen LogP contribution < -0.4 is 4.90 Å². The highest BCUT2D eigenvalue weighted by atomic mass is 16.1. The first-order valence-electron chi connectivity index (χ1n) is 6.32. The van der Waals surface area contributed by atoms with Crippen molar-refractivity contribution in [3.63, 3.8) is 0 Å². The zero-order valence-electron chi connectivity index (χ0n) is 10.8. The monoisotopic (exact) mass is 232 g/mol. The Labute approximate surface area is 103 Å². The van der Waals surface area contributed by atoms with E-state index in [0.717, 1.165) is 17.9 Å². The number of piperidine rings is 1. The van der Waals surface area contributed by atoms with Crippen molar-refractivity contribution in [1.29, 1.82) is 0 Å². The average Bonchev–Trinajstić information content (AvgIpc) is 2.32. The van der Waals surface area contributed by atoms with E-state index < -0.39 is 0 Å². The van der Waals surface area contributed by atoms with Crippen molar-refractivity contribution in [2.24, 2.45) is 5.92 Å². The van der Waals surface area contributed by atoms with Gasteiger partial charge in [0.05, 0.1) is 5.56 Å². The molecule has 17 heavy (non-hydrogen) atoms. The Hall–Kier alpha value is -1.38. The van der Waals surface area contributed by atoms with Crippen molar-refractivity contribution in [2.75, 3.05) is 11.4 Å². The molecule has 0 aliphatic carbocycles. The molecule has 1 aliphatic rings. The van der Waals surface area contributed by atoms with Crippen molar-refractivity contribution in [3.05, 3.63) is 23.9 Å². The van der Waals surface area contributed by atoms with Crippen LogP contribution in [0.5, 0.6) is 0 Å². The van der Waals surface area contributed by atoms with E-state index in [1.54, 1.807) is 13.1 Å². The third-order valence-electron chi connectivity index (χ3n) is 3.56. The number of anilines is 1. The number of carbonyl (C=O) groups excluding carboxylic acids is 1. The summed E-state index contributed by atoms with van der Waals surface area (Å²) in [7, 11) is 0. The van der Waals surface area contributed by atoms with Gasteiger partial charge in [0.2, 0.25) is 0 Å². The molecule has 1 aliphatic heterocycles. The van der Waals surface area contributed by atoms with E-state index in [1.165, 1.54) is 12.8 Å². The maximum atomic E-state index is 11.6. The van der Waals surface area contributed by atoms with Gasteiger partial charge in [-0.15, -0.1) is 0 Å². The molecular formula is C14H20N2O. The molecule has 1 saturated heterocycles. The summed E-state index contributed by atoms with van der Waals surface area (Å²) in [6.07, 6.45) is 4.21. The van der Waals surface area contributed by atoms with Crippen LogP contribution in [0.2, 0.25) is 0 Å². The Morgan fingerprint density at radius 3 is 2.88 bits per heavy atom. The Morgan fingerprint density at radius 2 is 2.18 bits per heavy atom. The van der Waals surface area contributed by atoms with Gasteiger partial charge in [0.25, 0.3) is 0 Å². The van der Waals surface area contributed by atoms with E-state index >= 15 is 0 Å². The van der Waals surface area contributed by atoms with Gasteiger partial charge in [-0.05, 0) is 44.7 Å². The Bertz CT molecular complexity index is 416. The molecule has 2 unspecified atom stereocenters. The molecule has 0 spiro atoms. The van der Waals surface area contributed by atoms with Crippen molar-refractivity contribution in [2.45, 2.75) is 39.7 Å². The highest BCUT2D eigenvalue weighted by Crippen LogP contribution is 2.28. The predicted molar refractivity (Wildman–Crippen MR) is 69.4 cm³/mol. The second-order valence-corrected chi connectivity index (χ2v) is 5.11. The molecule has 2 rings (SSSR count). The van der Waals surface area contributed by atoms with Gasteiger partial charge in [0.1, 0.15) is 5.82 Å². The third kappa shape index (κ3) is 2.48. The fourth-order valence-corrected chi connectivity index (χ4v) is 2.48. The molecule has 0 radical (unpaired) electrons. The first-order chi connectivity index (χ1) is 8.09. The van der Waals surface area contributed by atoms with Crippen LogP contribution in [-0.2, 0) is 0 Å². The first kappa shape index (κ1) is 12.1. The zero-order valence-corrected chi connectivity index (χ0v) is 10.8. The summed E-state index contributed by atoms with van der Waals surface area (Å²) in [5.74, 6) is 1.63. The van der Waals surface area contributed by atoms with Gasteiger partial charge < -0.3 is 4.90 Å². The molecule has 92 valence electrons. The van der Waals surface area contributed by atoms with E-state index in [0.29, 0.717) is 12.0 Å². The Morgan fingerprint density at radius 1 is 1.41 bits per heavy atom. The van der Waals surface area contributed by atoms with Crippen LogP contribution in [0.1, 0.15) is 44.0 Å². The van der Waals surface area contributed by atoms with E-state index in [1.807, 2.05) is 12.1 Å². The number of hydrogen-bond donors (Lipinski definition) is 0. The van der Waals surface area contributed by atoms with Crippen molar-refractivity contribution in [1.82, 2.24) is 4.98 Å². The SMILES string of the molecule is CC(=O)c1cccnc1N1CC(C)CCC1C. The summed E-state index contributed by atoms with van der Waals surface area (Å²) >= 11 is 0. The van der Waals surface area contributed by atoms with E-state index in [2.05, 4.69) is 23.7 Å². The molecule has 1 fully saturated rings. The number of rotatable bonds is 2. The largest absolute Gasteiger partial charge is 0.353 e. The molecule has 0 N–H and O–H groups in total. The van der Waals surface area contributed by atoms with E-state index in [-0.39, 0.29) is 5.78 Å². The maximum Gasteiger partial charge on any atom is 0.163 e. The first-order valence-corrected chi connectivity index (χ1v) is 6.32. The van der Waals surface area contributed by atoms with Crippen LogP contribution in [0.3, 0.4) is 0 Å². The molecule has 1 aromatic rings. The lowest BCUT2D eigenvalue weighted by Crippen LogP contribution is -2.42. The molecule has 1 aromatic heterocycles. The maximum absolute atomic E-state index is 11.6. The van der Waals surface area contributed by atoms with Crippen LogP contribution in [0.15, 0.2) is 18.3 Å². The van der Waals surface area contributed by atoms with E-state index in [9.17, 15) is 4.79 Å². The minimum Gasteiger partial charge on any atom is -0.353 e. The minimum atomic E-state index is 0.0959. The number of carbonyl (C=O) groups is 1. The second kappa shape index (κ2) is 4.86. The van der Waals surface area contributed by atoms with E-state index in [4.69, 9.17) is 0 Å². The third-order valence-corrected chi connectivity index (χ3v) is 3.56. The zero-order chi connectivity index (χ0) is 12.4. The summed E-state index contributed by atoms with van der Waals surface area (Å²) in [4.78, 5) is 18.3. The Balaban J connectivity index is 2.35. The number of ketones is 1. The summed E-state index contributed by atoms with van der Waals surface area (Å²) < 4.78 is 0. The number of nitrogens with zero attached hydrogens (tertiary/aromatic N) is 2. The summed E-state index contributed by atoms with van der Waals surface area (Å²) in [5, 5.41) is 0. The molecule has 3 heteroatoms. The average molecular weight is 232 g/mol. The highest BCUT2D eigenvalue weighted by Gasteiger charge is 2.26. The topological polar surface area (TPSA) is 33.2 Å². The lowest BCUT2D eigenvalue weighted by Gasteiger charge is -2.38. The van der Waals surface area contributed by atoms with Crippen LogP contribution in [0.4, 0.5) is 5.82 Å². The van der Waals surface area contributed by atoms with Gasteiger partial charge in [-0.2, -0.15) is 0 Å². The lowest BCUT2D eigenvalue weighted by atomic mass is 9.94. The van der Waals surface area contributed by atoms with Crippen LogP contribution in [-0.4, -0.2) is 23.4 Å². The van der Waals surface area contributed by atoms with Crippen molar-refractivity contribution >= 4 is 11.6 Å². The van der Waals surface area contributed by atoms with Gasteiger partial charge in [0.15, 0.2) is 5.78 Å². The molecule has 0 bridgehead atoms. The van der Waals surface area contributed by atoms with Gasteiger partial charge in [-0.1, -0.05) is 6.92 Å². The summed E-state index contributed by atoms with van der Waals surface area (Å²) in [6.45, 7) is 7.08. The van der Waals surface area contributed by atoms with Crippen molar-refractivity contribution < 1.29 is 4.79 Å². The number of pyridine rings is 1. The summed E-state index contributed by atoms with van der Waals surface area (Å²) in [6, 6.07) is 4.17. The molecule has 0 aromatic carbocycles. The smallest absolute Gasteiger partial charge is 0.163 e. The molecule has 3 nitrogen and oxygen atoms in total. The minimum absolute atomic E-state index is 0.0959. The molecule has 0 amide bonds. The standard InChI is InChI=1S/C14H20N2O/c1-10-6-7-11(2)16(9-10)14-13(12(3)17)5-4-8-15-14/h4-5,8,10-11H,6-7,9H2,1-3H3. The second-order valence-electron chi connectivity index (χ2n) is 5.11. The van der Waals surface area contributed by atoms with Gasteiger partial charge in [0, 0.05) is 18.8 Å². The normalized spacial score (nSPS) is 24.8. The number of Topliss-reactive ketones (excluding diaryl/α,β-unsaturated/α-hetero) is 1. The van der Waals surface area contributed by atoms with Gasteiger partial charge in [-0.25, -0.2) is 4.98 Å². The highest BCUT2D eigenvalue weighted by molar-refractivity contribution is 5.98. The fourth-order valence-electron chi connectivity index (χ4n) is 2.48. The fraction of sp³-hybridized carbons (Fsp3) is 0.571. The molecule has 0 saturated carbocycles. The molecular weight excluding hydrogens is 212 g/mol. The molecule has 2 heterocycles. The Kier molecular flexibility index (Phi) is 3.46. The quantitative estimate of drug-likeness (QED) is 0.735. The van der Waals surface area contributed by atoms with Gasteiger partial charge >= 0.3 is 0 Å². The van der Waals surface area contributed by atoms with Crippen molar-refractivity contribution in [3.8, 4) is 0 Å². The summed E-state index contributed by atoms with van der Waals surface area (Å²) in [5.41, 5.74) is 0.744. The number of aromatic nitrogens is 1. The predicted octanol–water partition coefficient (Wildman–Crippen LogP) is 2.91. The molecule has 2 atom stereocenters. The van der Waals surface area contributed by atoms with Crippen LogP contribution in [0.25, 0.3) is 0 Å². The lowest BCUT2D eigenvalue weighted by molar-refractivity contribution is 0.101. The van der Waals surface area contributed by atoms with Gasteiger partial charge in [-0.3, -0.25) is 4.79 Å². The number of hydrogen-bond acceptors (Lipinski definition) is 3. The van der Waals surface area contributed by atoms with Crippen LogP contribution >= 0.6 is 0 Å². The van der Waals surface area contributed by atoms with Crippen LogP contribution in [0, 0.1) is 5.92 Å².